The molecule has 72 valence electrons. The van der Waals surface area contributed by atoms with E-state index in [1.165, 1.54) is 0 Å². The van der Waals surface area contributed by atoms with Gasteiger partial charge in [0.2, 0.25) is 0 Å². The molecule has 1 aromatic carbocycles. The van der Waals surface area contributed by atoms with E-state index in [4.69, 9.17) is 27.9 Å². The van der Waals surface area contributed by atoms with Crippen molar-refractivity contribution in [2.45, 2.75) is 19.4 Å². The molecule has 0 unspecified atom stereocenters. The lowest BCUT2D eigenvalue weighted by Gasteiger charge is -2.23. The Balaban J connectivity index is 2.74. The number of halogens is 2. The third-order valence-electron chi connectivity index (χ3n) is 1.51. The molecule has 0 saturated carbocycles. The second kappa shape index (κ2) is 4.21. The molecular formula is C10H12Cl2O. The molecule has 0 aromatic heterocycles. The second-order valence-electron chi connectivity index (χ2n) is 3.45. The Labute approximate surface area is 88.6 Å². The van der Waals surface area contributed by atoms with E-state index in [2.05, 4.69) is 0 Å². The van der Waals surface area contributed by atoms with Crippen LogP contribution in [0.15, 0.2) is 24.3 Å². The summed E-state index contributed by atoms with van der Waals surface area (Å²) in [5.41, 5.74) is -0.355. The van der Waals surface area contributed by atoms with Crippen LogP contribution in [-0.4, -0.2) is 11.5 Å². The molecular weight excluding hydrogens is 207 g/mol. The van der Waals surface area contributed by atoms with Crippen LogP contribution >= 0.6 is 23.2 Å². The Morgan fingerprint density at radius 3 is 2.62 bits per heavy atom. The quantitative estimate of drug-likeness (QED) is 0.703. The number of ether oxygens (including phenoxy) is 1. The monoisotopic (exact) mass is 218 g/mol. The van der Waals surface area contributed by atoms with Crippen LogP contribution in [0.3, 0.4) is 0 Å². The van der Waals surface area contributed by atoms with Crippen LogP contribution < -0.4 is 4.74 Å². The molecule has 0 spiro atoms. The summed E-state index contributed by atoms with van der Waals surface area (Å²) in [6, 6.07) is 7.29. The number of benzene rings is 1. The van der Waals surface area contributed by atoms with Crippen LogP contribution in [0, 0.1) is 0 Å². The molecule has 13 heavy (non-hydrogen) atoms. The maximum Gasteiger partial charge on any atom is 0.121 e. The van der Waals surface area contributed by atoms with Crippen molar-refractivity contribution >= 4 is 23.2 Å². The summed E-state index contributed by atoms with van der Waals surface area (Å²) < 4.78 is 5.62. The van der Waals surface area contributed by atoms with Crippen molar-refractivity contribution in [3.8, 4) is 5.75 Å². The number of alkyl halides is 1. The average Bonchev–Trinajstić information content (AvgIpc) is 2.03. The standard InChI is InChI=1S/C10H12Cl2O/c1-10(2,7-11)13-9-5-3-4-8(12)6-9/h3-6H,7H2,1-2H3. The van der Waals surface area contributed by atoms with Gasteiger partial charge in [-0.25, -0.2) is 0 Å². The fraction of sp³-hybridized carbons (Fsp3) is 0.400. The first kappa shape index (κ1) is 10.7. The van der Waals surface area contributed by atoms with Gasteiger partial charge in [-0.3, -0.25) is 0 Å². The normalized spacial score (nSPS) is 11.4. The average molecular weight is 219 g/mol. The Kier molecular flexibility index (Phi) is 3.46. The van der Waals surface area contributed by atoms with Crippen molar-refractivity contribution in [1.82, 2.24) is 0 Å². The van der Waals surface area contributed by atoms with E-state index < -0.39 is 0 Å². The maximum atomic E-state index is 5.80. The van der Waals surface area contributed by atoms with E-state index in [1.54, 1.807) is 6.07 Å². The predicted molar refractivity (Wildman–Crippen MR) is 56.9 cm³/mol. The predicted octanol–water partition coefficient (Wildman–Crippen LogP) is 3.74. The van der Waals surface area contributed by atoms with Gasteiger partial charge < -0.3 is 4.74 Å². The van der Waals surface area contributed by atoms with Crippen molar-refractivity contribution in [1.29, 1.82) is 0 Å². The first-order valence-electron chi connectivity index (χ1n) is 4.04. The summed E-state index contributed by atoms with van der Waals surface area (Å²) in [5.74, 6) is 1.19. The molecule has 0 heterocycles. The van der Waals surface area contributed by atoms with Crippen molar-refractivity contribution in [2.24, 2.45) is 0 Å². The smallest absolute Gasteiger partial charge is 0.121 e. The van der Waals surface area contributed by atoms with Crippen LogP contribution in [0.2, 0.25) is 5.02 Å². The Bertz CT molecular complexity index is 284. The lowest BCUT2D eigenvalue weighted by atomic mass is 10.2. The molecule has 0 saturated heterocycles. The van der Waals surface area contributed by atoms with E-state index in [0.29, 0.717) is 10.9 Å². The summed E-state index contributed by atoms with van der Waals surface area (Å²) in [6.07, 6.45) is 0. The lowest BCUT2D eigenvalue weighted by molar-refractivity contribution is 0.134. The summed E-state index contributed by atoms with van der Waals surface area (Å²) in [5, 5.41) is 0.669. The summed E-state index contributed by atoms with van der Waals surface area (Å²) in [6.45, 7) is 3.86. The van der Waals surface area contributed by atoms with Gasteiger partial charge in [0, 0.05) is 5.02 Å². The van der Waals surface area contributed by atoms with Crippen molar-refractivity contribution < 1.29 is 4.74 Å². The molecule has 0 N–H and O–H groups in total. The van der Waals surface area contributed by atoms with Crippen molar-refractivity contribution in [3.63, 3.8) is 0 Å². The van der Waals surface area contributed by atoms with E-state index >= 15 is 0 Å². The largest absolute Gasteiger partial charge is 0.487 e. The number of rotatable bonds is 3. The van der Waals surface area contributed by atoms with Crippen LogP contribution in [0.4, 0.5) is 0 Å². The molecule has 0 aliphatic rings. The minimum Gasteiger partial charge on any atom is -0.487 e. The molecule has 0 aliphatic heterocycles. The fourth-order valence-corrected chi connectivity index (χ4v) is 1.11. The molecule has 1 nitrogen and oxygen atoms in total. The summed E-state index contributed by atoms with van der Waals surface area (Å²) >= 11 is 11.5. The zero-order valence-corrected chi connectivity index (χ0v) is 9.19. The van der Waals surface area contributed by atoms with Gasteiger partial charge in [0.1, 0.15) is 11.4 Å². The van der Waals surface area contributed by atoms with Crippen LogP contribution in [0.1, 0.15) is 13.8 Å². The molecule has 0 radical (unpaired) electrons. The number of hydrogen-bond acceptors (Lipinski definition) is 1. The highest BCUT2D eigenvalue weighted by atomic mass is 35.5. The van der Waals surface area contributed by atoms with Crippen molar-refractivity contribution in [3.05, 3.63) is 29.3 Å². The molecule has 0 amide bonds. The van der Waals surface area contributed by atoms with Crippen LogP contribution in [0.5, 0.6) is 5.75 Å². The highest BCUT2D eigenvalue weighted by molar-refractivity contribution is 6.30. The van der Waals surface area contributed by atoms with Crippen molar-refractivity contribution in [2.75, 3.05) is 5.88 Å². The molecule has 1 rings (SSSR count). The van der Waals surface area contributed by atoms with Gasteiger partial charge >= 0.3 is 0 Å². The van der Waals surface area contributed by atoms with E-state index in [9.17, 15) is 0 Å². The van der Waals surface area contributed by atoms with Crippen LogP contribution in [0.25, 0.3) is 0 Å². The first-order valence-corrected chi connectivity index (χ1v) is 4.95. The second-order valence-corrected chi connectivity index (χ2v) is 4.16. The highest BCUT2D eigenvalue weighted by Gasteiger charge is 2.17. The molecule has 1 aromatic rings. The maximum absolute atomic E-state index is 5.80. The Hall–Kier alpha value is -0.400. The lowest BCUT2D eigenvalue weighted by Crippen LogP contribution is -2.30. The summed E-state index contributed by atoms with van der Waals surface area (Å²) in [4.78, 5) is 0. The topological polar surface area (TPSA) is 9.23 Å². The number of hydrogen-bond donors (Lipinski definition) is 0. The minimum atomic E-state index is -0.355. The van der Waals surface area contributed by atoms with Gasteiger partial charge in [-0.15, -0.1) is 11.6 Å². The molecule has 3 heteroatoms. The minimum absolute atomic E-state index is 0.355. The third-order valence-corrected chi connectivity index (χ3v) is 2.39. The molecule has 0 bridgehead atoms. The first-order chi connectivity index (χ1) is 6.03. The van der Waals surface area contributed by atoms with Gasteiger partial charge in [0.15, 0.2) is 0 Å². The van der Waals surface area contributed by atoms with E-state index in [-0.39, 0.29) is 5.60 Å². The van der Waals surface area contributed by atoms with E-state index in [0.717, 1.165) is 5.75 Å². The van der Waals surface area contributed by atoms with Gasteiger partial charge in [0.05, 0.1) is 5.88 Å². The fourth-order valence-electron chi connectivity index (χ4n) is 0.877. The Morgan fingerprint density at radius 1 is 1.38 bits per heavy atom. The molecule has 0 fully saturated rings. The third kappa shape index (κ3) is 3.45. The zero-order valence-electron chi connectivity index (χ0n) is 7.68. The van der Waals surface area contributed by atoms with Gasteiger partial charge in [0.25, 0.3) is 0 Å². The van der Waals surface area contributed by atoms with Gasteiger partial charge in [-0.2, -0.15) is 0 Å². The molecule has 0 atom stereocenters. The summed E-state index contributed by atoms with van der Waals surface area (Å²) in [7, 11) is 0. The van der Waals surface area contributed by atoms with E-state index in [1.807, 2.05) is 32.0 Å². The molecule has 0 aliphatic carbocycles. The van der Waals surface area contributed by atoms with Crippen LogP contribution in [-0.2, 0) is 0 Å². The van der Waals surface area contributed by atoms with Gasteiger partial charge in [-0.05, 0) is 32.0 Å². The highest BCUT2D eigenvalue weighted by Crippen LogP contribution is 2.22. The SMILES string of the molecule is CC(C)(CCl)Oc1cccc(Cl)c1. The van der Waals surface area contributed by atoms with Gasteiger partial charge in [-0.1, -0.05) is 17.7 Å². The zero-order chi connectivity index (χ0) is 9.90. The Morgan fingerprint density at radius 2 is 2.08 bits per heavy atom.